The van der Waals surface area contributed by atoms with Gasteiger partial charge in [-0.15, -0.1) is 0 Å². The van der Waals surface area contributed by atoms with E-state index in [0.29, 0.717) is 36.9 Å². The van der Waals surface area contributed by atoms with Crippen molar-refractivity contribution in [2.24, 2.45) is 11.1 Å². The molecule has 8 heteroatoms. The molecule has 2 rings (SSSR count). The lowest BCUT2D eigenvalue weighted by Gasteiger charge is -2.28. The summed E-state index contributed by atoms with van der Waals surface area (Å²) in [6.45, 7) is 1.70. The Hall–Kier alpha value is -1.93. The van der Waals surface area contributed by atoms with Crippen molar-refractivity contribution >= 4 is 27.5 Å². The first kappa shape index (κ1) is 18.4. The highest BCUT2D eigenvalue weighted by Crippen LogP contribution is 2.29. The van der Waals surface area contributed by atoms with Gasteiger partial charge in [-0.25, -0.2) is 13.6 Å². The number of aliphatic carboxylic acids is 1. The minimum absolute atomic E-state index is 0.0196. The summed E-state index contributed by atoms with van der Waals surface area (Å²) in [4.78, 5) is 22.7. The quantitative estimate of drug-likeness (QED) is 0.671. The van der Waals surface area contributed by atoms with E-state index < -0.39 is 16.0 Å². The normalized spacial score (nSPS) is 21.2. The molecule has 0 unspecified atom stereocenters. The van der Waals surface area contributed by atoms with E-state index in [1.807, 2.05) is 0 Å². The second-order valence-electron chi connectivity index (χ2n) is 6.06. The van der Waals surface area contributed by atoms with Crippen LogP contribution < -0.4 is 10.5 Å². The first-order valence-corrected chi connectivity index (χ1v) is 9.46. The third-order valence-electron chi connectivity index (χ3n) is 4.37. The number of nitrogens with one attached hydrogen (secondary N) is 1. The van der Waals surface area contributed by atoms with Gasteiger partial charge in [0.15, 0.2) is 5.78 Å². The maximum atomic E-state index is 11.8. The minimum Gasteiger partial charge on any atom is -0.481 e. The van der Waals surface area contributed by atoms with Crippen LogP contribution in [0.3, 0.4) is 0 Å². The number of rotatable bonds is 6. The molecule has 4 N–H and O–H groups in total. The van der Waals surface area contributed by atoms with Gasteiger partial charge in [0.05, 0.1) is 11.6 Å². The summed E-state index contributed by atoms with van der Waals surface area (Å²) < 4.78 is 23.7. The SMILES string of the molecule is CCC(=O)c1ccc(NC2CCC(C(=O)O)CC2)c(S(N)(=O)=O)c1. The van der Waals surface area contributed by atoms with Crippen LogP contribution in [0.2, 0.25) is 0 Å². The highest BCUT2D eigenvalue weighted by molar-refractivity contribution is 7.89. The van der Waals surface area contributed by atoms with Crippen molar-refractivity contribution in [2.75, 3.05) is 5.32 Å². The van der Waals surface area contributed by atoms with Crippen molar-refractivity contribution < 1.29 is 23.1 Å². The van der Waals surface area contributed by atoms with Gasteiger partial charge in [0.2, 0.25) is 10.0 Å². The van der Waals surface area contributed by atoms with E-state index in [1.54, 1.807) is 19.1 Å². The monoisotopic (exact) mass is 354 g/mol. The Morgan fingerprint density at radius 3 is 2.38 bits per heavy atom. The third kappa shape index (κ3) is 4.33. The van der Waals surface area contributed by atoms with Gasteiger partial charge in [0.1, 0.15) is 4.90 Å². The summed E-state index contributed by atoms with van der Waals surface area (Å²) in [5, 5.41) is 17.4. The summed E-state index contributed by atoms with van der Waals surface area (Å²) in [5.41, 5.74) is 0.658. The Balaban J connectivity index is 2.21. The highest BCUT2D eigenvalue weighted by Gasteiger charge is 2.27. The fourth-order valence-corrected chi connectivity index (χ4v) is 3.68. The highest BCUT2D eigenvalue weighted by atomic mass is 32.2. The van der Waals surface area contributed by atoms with Crippen LogP contribution in [-0.4, -0.2) is 31.3 Å². The van der Waals surface area contributed by atoms with Crippen molar-refractivity contribution in [1.29, 1.82) is 0 Å². The summed E-state index contributed by atoms with van der Waals surface area (Å²) in [6.07, 6.45) is 2.64. The van der Waals surface area contributed by atoms with Gasteiger partial charge in [-0.05, 0) is 43.9 Å². The van der Waals surface area contributed by atoms with Crippen LogP contribution in [0.4, 0.5) is 5.69 Å². The van der Waals surface area contributed by atoms with Crippen molar-refractivity contribution in [1.82, 2.24) is 0 Å². The zero-order chi connectivity index (χ0) is 17.9. The number of anilines is 1. The second kappa shape index (κ2) is 7.31. The number of nitrogens with two attached hydrogens (primary N) is 1. The lowest BCUT2D eigenvalue weighted by atomic mass is 9.86. The van der Waals surface area contributed by atoms with Gasteiger partial charge in [0.25, 0.3) is 0 Å². The van der Waals surface area contributed by atoms with E-state index in [2.05, 4.69) is 5.32 Å². The maximum absolute atomic E-state index is 11.8. The van der Waals surface area contributed by atoms with Crippen molar-refractivity contribution in [3.63, 3.8) is 0 Å². The molecule has 0 bridgehead atoms. The molecule has 0 radical (unpaired) electrons. The lowest BCUT2D eigenvalue weighted by molar-refractivity contribution is -0.142. The lowest BCUT2D eigenvalue weighted by Crippen LogP contribution is -2.30. The van der Waals surface area contributed by atoms with Gasteiger partial charge in [-0.2, -0.15) is 0 Å². The zero-order valence-corrected chi connectivity index (χ0v) is 14.3. The summed E-state index contributed by atoms with van der Waals surface area (Å²) in [6, 6.07) is 4.40. The average molecular weight is 354 g/mol. The van der Waals surface area contributed by atoms with Crippen LogP contribution >= 0.6 is 0 Å². The first-order valence-electron chi connectivity index (χ1n) is 7.91. The number of ketones is 1. The molecule has 24 heavy (non-hydrogen) atoms. The molecule has 0 spiro atoms. The first-order chi connectivity index (χ1) is 11.2. The Morgan fingerprint density at radius 2 is 1.88 bits per heavy atom. The molecule has 1 aromatic carbocycles. The number of sulfonamides is 1. The van der Waals surface area contributed by atoms with Crippen LogP contribution in [0, 0.1) is 5.92 Å². The number of carboxylic acid groups (broad SMARTS) is 1. The van der Waals surface area contributed by atoms with E-state index in [9.17, 15) is 18.0 Å². The Labute approximate surface area is 141 Å². The Bertz CT molecular complexity index is 737. The van der Waals surface area contributed by atoms with Gasteiger partial charge in [0, 0.05) is 18.0 Å². The molecule has 132 valence electrons. The van der Waals surface area contributed by atoms with E-state index in [0.717, 1.165) is 0 Å². The third-order valence-corrected chi connectivity index (χ3v) is 5.32. The number of Topliss-reactive ketones (excluding diaryl/α,β-unsaturated/α-hetero) is 1. The standard InChI is InChI=1S/C16H22N2O5S/c1-2-14(19)11-5-8-13(15(9-11)24(17,22)23)18-12-6-3-10(4-7-12)16(20)21/h5,8-10,12,18H,2-4,6-7H2,1H3,(H,20,21)(H2,17,22,23). The number of carbonyl (C=O) groups is 2. The maximum Gasteiger partial charge on any atom is 0.306 e. The van der Waals surface area contributed by atoms with Gasteiger partial charge < -0.3 is 10.4 Å². The van der Waals surface area contributed by atoms with Crippen molar-refractivity contribution in [2.45, 2.75) is 50.0 Å². The molecule has 7 nitrogen and oxygen atoms in total. The number of carboxylic acids is 1. The fourth-order valence-electron chi connectivity index (χ4n) is 2.96. The van der Waals surface area contributed by atoms with Crippen LogP contribution in [0.25, 0.3) is 0 Å². The number of carbonyl (C=O) groups excluding carboxylic acids is 1. The molecule has 0 aliphatic heterocycles. The average Bonchev–Trinajstić information content (AvgIpc) is 2.54. The molecule has 1 aliphatic rings. The van der Waals surface area contributed by atoms with E-state index >= 15 is 0 Å². The van der Waals surface area contributed by atoms with Gasteiger partial charge in [-0.1, -0.05) is 6.92 Å². The molecule has 0 atom stereocenters. The zero-order valence-electron chi connectivity index (χ0n) is 13.5. The summed E-state index contributed by atoms with van der Waals surface area (Å²) in [7, 11) is -3.98. The van der Waals surface area contributed by atoms with Gasteiger partial charge >= 0.3 is 5.97 Å². The van der Waals surface area contributed by atoms with Crippen molar-refractivity contribution in [3.8, 4) is 0 Å². The Kier molecular flexibility index (Phi) is 5.61. The Morgan fingerprint density at radius 1 is 1.25 bits per heavy atom. The molecule has 0 amide bonds. The summed E-state index contributed by atoms with van der Waals surface area (Å²) >= 11 is 0. The number of primary sulfonamides is 1. The van der Waals surface area contributed by atoms with E-state index in [1.165, 1.54) is 6.07 Å². The molecular weight excluding hydrogens is 332 g/mol. The molecule has 0 saturated heterocycles. The molecule has 0 heterocycles. The van der Waals surface area contributed by atoms with E-state index in [-0.39, 0.29) is 29.1 Å². The number of hydrogen-bond donors (Lipinski definition) is 3. The predicted molar refractivity (Wildman–Crippen MR) is 89.4 cm³/mol. The van der Waals surface area contributed by atoms with Crippen LogP contribution in [-0.2, 0) is 14.8 Å². The van der Waals surface area contributed by atoms with Crippen LogP contribution in [0.1, 0.15) is 49.4 Å². The molecular formula is C16H22N2O5S. The fraction of sp³-hybridized carbons (Fsp3) is 0.500. The largest absolute Gasteiger partial charge is 0.481 e. The number of benzene rings is 1. The van der Waals surface area contributed by atoms with Crippen LogP contribution in [0.5, 0.6) is 0 Å². The minimum atomic E-state index is -3.98. The smallest absolute Gasteiger partial charge is 0.306 e. The second-order valence-corrected chi connectivity index (χ2v) is 7.59. The molecule has 0 aromatic heterocycles. The molecule has 1 fully saturated rings. The van der Waals surface area contributed by atoms with Crippen LogP contribution in [0.15, 0.2) is 23.1 Å². The van der Waals surface area contributed by atoms with E-state index in [4.69, 9.17) is 10.2 Å². The molecule has 1 saturated carbocycles. The molecule has 1 aromatic rings. The topological polar surface area (TPSA) is 127 Å². The van der Waals surface area contributed by atoms with Crippen molar-refractivity contribution in [3.05, 3.63) is 23.8 Å². The predicted octanol–water partition coefficient (Wildman–Crippen LogP) is 1.98. The van der Waals surface area contributed by atoms with Gasteiger partial charge in [-0.3, -0.25) is 9.59 Å². The number of hydrogen-bond acceptors (Lipinski definition) is 5. The summed E-state index contributed by atoms with van der Waals surface area (Å²) in [5.74, 6) is -1.29. The molecule has 1 aliphatic carbocycles.